The van der Waals surface area contributed by atoms with Gasteiger partial charge in [0.15, 0.2) is 0 Å². The van der Waals surface area contributed by atoms with Crippen molar-refractivity contribution < 1.29 is 22.7 Å². The Hall–Kier alpha value is -3.56. The summed E-state index contributed by atoms with van der Waals surface area (Å²) in [5.41, 5.74) is 1.89. The number of anilines is 1. The summed E-state index contributed by atoms with van der Waals surface area (Å²) < 4.78 is 32.2. The Kier molecular flexibility index (Phi) is 11.0. The van der Waals surface area contributed by atoms with E-state index >= 15 is 0 Å². The first-order valence-corrected chi connectivity index (χ1v) is 15.3. The van der Waals surface area contributed by atoms with Gasteiger partial charge in [0.1, 0.15) is 18.3 Å². The second-order valence-corrected chi connectivity index (χ2v) is 12.1. The summed E-state index contributed by atoms with van der Waals surface area (Å²) in [7, 11) is -3.85. The van der Waals surface area contributed by atoms with Crippen molar-refractivity contribution >= 4 is 39.1 Å². The van der Waals surface area contributed by atoms with E-state index in [1.165, 1.54) is 4.90 Å². The summed E-state index contributed by atoms with van der Waals surface area (Å²) in [6.07, 6.45) is 1.29. The van der Waals surface area contributed by atoms with Crippen molar-refractivity contribution in [2.75, 3.05) is 23.7 Å². The second-order valence-electron chi connectivity index (χ2n) is 9.72. The van der Waals surface area contributed by atoms with Crippen molar-refractivity contribution in [1.82, 2.24) is 10.2 Å². The van der Waals surface area contributed by atoms with E-state index in [9.17, 15) is 18.0 Å². The zero-order chi connectivity index (χ0) is 29.3. The number of carbonyl (C=O) groups is 2. The Morgan fingerprint density at radius 3 is 2.17 bits per heavy atom. The third-order valence-corrected chi connectivity index (χ3v) is 7.43. The fraction of sp³-hybridized carbons (Fsp3) is 0.333. The highest BCUT2D eigenvalue weighted by Gasteiger charge is 2.33. The van der Waals surface area contributed by atoms with Gasteiger partial charge in [0.25, 0.3) is 0 Å². The third kappa shape index (κ3) is 8.99. The van der Waals surface area contributed by atoms with Crippen molar-refractivity contribution in [1.29, 1.82) is 0 Å². The lowest BCUT2D eigenvalue weighted by molar-refractivity contribution is -0.140. The zero-order valence-electron chi connectivity index (χ0n) is 23.2. The number of amides is 2. The number of benzene rings is 3. The summed E-state index contributed by atoms with van der Waals surface area (Å²) in [5.74, 6) is -0.276. The Morgan fingerprint density at radius 2 is 1.60 bits per heavy atom. The van der Waals surface area contributed by atoms with Gasteiger partial charge >= 0.3 is 0 Å². The fourth-order valence-electron chi connectivity index (χ4n) is 4.26. The first-order valence-electron chi connectivity index (χ1n) is 13.1. The molecule has 10 heteroatoms. The van der Waals surface area contributed by atoms with Gasteiger partial charge < -0.3 is 15.0 Å². The van der Waals surface area contributed by atoms with E-state index in [0.717, 1.165) is 16.1 Å². The minimum atomic E-state index is -3.85. The van der Waals surface area contributed by atoms with E-state index in [0.29, 0.717) is 28.6 Å². The molecule has 0 saturated carbocycles. The highest BCUT2D eigenvalue weighted by Crippen LogP contribution is 2.23. The van der Waals surface area contributed by atoms with Crippen LogP contribution in [-0.2, 0) is 32.6 Å². The Labute approximate surface area is 241 Å². The molecule has 0 fully saturated rings. The van der Waals surface area contributed by atoms with Crippen molar-refractivity contribution in [3.05, 3.63) is 95.0 Å². The molecule has 0 saturated heterocycles. The summed E-state index contributed by atoms with van der Waals surface area (Å²) in [6, 6.07) is 21.8. The molecule has 8 nitrogen and oxygen atoms in total. The van der Waals surface area contributed by atoms with Crippen LogP contribution in [0.5, 0.6) is 5.75 Å². The van der Waals surface area contributed by atoms with E-state index in [4.69, 9.17) is 16.3 Å². The van der Waals surface area contributed by atoms with Crippen LogP contribution in [0.1, 0.15) is 31.9 Å². The molecule has 2 amide bonds. The average molecular weight is 586 g/mol. The van der Waals surface area contributed by atoms with E-state index in [2.05, 4.69) is 5.32 Å². The predicted molar refractivity (Wildman–Crippen MR) is 159 cm³/mol. The van der Waals surface area contributed by atoms with Gasteiger partial charge in [0, 0.05) is 24.0 Å². The summed E-state index contributed by atoms with van der Waals surface area (Å²) >= 11 is 6.23. The molecular formula is C30H36ClN3O5S. The molecule has 0 aromatic heterocycles. The van der Waals surface area contributed by atoms with Gasteiger partial charge in [-0.1, -0.05) is 54.1 Å². The number of carbonyl (C=O) groups excluding carboxylic acids is 2. The maximum atomic E-state index is 14.0. The SMILES string of the molecule is CCOc1ccc(N(CC(=O)N(Cc2cccc(Cl)c2)[C@@H](Cc2ccccc2)C(=O)NC(C)C)S(C)(=O)=O)cc1. The number of nitrogens with one attached hydrogen (secondary N) is 1. The van der Waals surface area contributed by atoms with E-state index in [1.54, 1.807) is 42.5 Å². The van der Waals surface area contributed by atoms with Gasteiger partial charge in [-0.2, -0.15) is 0 Å². The van der Waals surface area contributed by atoms with Crippen LogP contribution >= 0.6 is 11.6 Å². The highest BCUT2D eigenvalue weighted by atomic mass is 35.5. The van der Waals surface area contributed by atoms with Crippen molar-refractivity contribution in [2.24, 2.45) is 0 Å². The standard InChI is InChI=1S/C30H36ClN3O5S/c1-5-39-27-16-14-26(15-17-27)34(40(4,37)38)21-29(35)33(20-24-12-9-13-25(31)18-24)28(30(36)32-22(2)3)19-23-10-7-6-8-11-23/h6-18,22,28H,5,19-21H2,1-4H3,(H,32,36)/t28-/m0/s1. The van der Waals surface area contributed by atoms with Crippen LogP contribution in [-0.4, -0.2) is 56.6 Å². The molecule has 0 aliphatic rings. The van der Waals surface area contributed by atoms with Crippen LogP contribution in [0.15, 0.2) is 78.9 Å². The van der Waals surface area contributed by atoms with Gasteiger partial charge in [-0.15, -0.1) is 0 Å². The van der Waals surface area contributed by atoms with Crippen molar-refractivity contribution in [3.8, 4) is 5.75 Å². The smallest absolute Gasteiger partial charge is 0.244 e. The van der Waals surface area contributed by atoms with Crippen molar-refractivity contribution in [3.63, 3.8) is 0 Å². The molecule has 0 spiro atoms. The van der Waals surface area contributed by atoms with Crippen molar-refractivity contribution in [2.45, 2.75) is 45.8 Å². The molecule has 3 rings (SSSR count). The van der Waals surface area contributed by atoms with Crippen LogP contribution in [0.3, 0.4) is 0 Å². The first-order chi connectivity index (χ1) is 19.0. The molecule has 0 aliphatic heterocycles. The molecule has 0 unspecified atom stereocenters. The minimum absolute atomic E-state index is 0.0588. The van der Waals surface area contributed by atoms with Crippen LogP contribution < -0.4 is 14.4 Å². The Bertz CT molecular complexity index is 1380. The van der Waals surface area contributed by atoms with E-state index in [-0.39, 0.29) is 24.9 Å². The molecule has 1 N–H and O–H groups in total. The normalized spacial score (nSPS) is 12.1. The largest absolute Gasteiger partial charge is 0.494 e. The number of ether oxygens (including phenoxy) is 1. The molecular weight excluding hydrogens is 550 g/mol. The number of nitrogens with zero attached hydrogens (tertiary/aromatic N) is 2. The maximum absolute atomic E-state index is 14.0. The van der Waals surface area contributed by atoms with Gasteiger partial charge in [0.2, 0.25) is 21.8 Å². The van der Waals surface area contributed by atoms with Crippen LogP contribution in [0.2, 0.25) is 5.02 Å². The number of rotatable bonds is 13. The van der Waals surface area contributed by atoms with Crippen LogP contribution in [0.4, 0.5) is 5.69 Å². The van der Waals surface area contributed by atoms with Crippen LogP contribution in [0.25, 0.3) is 0 Å². The molecule has 1 atom stereocenters. The van der Waals surface area contributed by atoms with E-state index < -0.39 is 28.5 Å². The molecule has 0 heterocycles. The minimum Gasteiger partial charge on any atom is -0.494 e. The van der Waals surface area contributed by atoms with Gasteiger partial charge in [-0.25, -0.2) is 8.42 Å². The topological polar surface area (TPSA) is 96.0 Å². The number of sulfonamides is 1. The number of hydrogen-bond acceptors (Lipinski definition) is 5. The van der Waals surface area contributed by atoms with Crippen LogP contribution in [0, 0.1) is 0 Å². The lowest BCUT2D eigenvalue weighted by atomic mass is 10.0. The monoisotopic (exact) mass is 585 g/mol. The summed E-state index contributed by atoms with van der Waals surface area (Å²) in [6.45, 7) is 5.57. The lowest BCUT2D eigenvalue weighted by Gasteiger charge is -2.34. The average Bonchev–Trinajstić information content (AvgIpc) is 2.89. The van der Waals surface area contributed by atoms with Gasteiger partial charge in [-0.05, 0) is 68.3 Å². The number of hydrogen-bond donors (Lipinski definition) is 1. The molecule has 214 valence electrons. The zero-order valence-corrected chi connectivity index (χ0v) is 24.8. The van der Waals surface area contributed by atoms with Gasteiger partial charge in [-0.3, -0.25) is 13.9 Å². The molecule has 0 radical (unpaired) electrons. The Morgan fingerprint density at radius 1 is 0.950 bits per heavy atom. The molecule has 40 heavy (non-hydrogen) atoms. The first kappa shape index (κ1) is 31.0. The molecule has 3 aromatic carbocycles. The predicted octanol–water partition coefficient (Wildman–Crippen LogP) is 4.67. The molecule has 3 aromatic rings. The Balaban J connectivity index is 2.03. The fourth-order valence-corrected chi connectivity index (χ4v) is 5.32. The highest BCUT2D eigenvalue weighted by molar-refractivity contribution is 7.92. The summed E-state index contributed by atoms with van der Waals surface area (Å²) in [5, 5.41) is 3.41. The van der Waals surface area contributed by atoms with Gasteiger partial charge in [0.05, 0.1) is 18.6 Å². The van der Waals surface area contributed by atoms with E-state index in [1.807, 2.05) is 57.2 Å². The maximum Gasteiger partial charge on any atom is 0.244 e. The number of halogens is 1. The second kappa shape index (κ2) is 14.2. The lowest BCUT2D eigenvalue weighted by Crippen LogP contribution is -2.54. The quantitative estimate of drug-likeness (QED) is 0.314. The third-order valence-electron chi connectivity index (χ3n) is 6.06. The summed E-state index contributed by atoms with van der Waals surface area (Å²) in [4.78, 5) is 29.0. The molecule has 0 aliphatic carbocycles. The molecule has 0 bridgehead atoms.